The minimum atomic E-state index is -0.413. The molecule has 0 bridgehead atoms. The van der Waals surface area contributed by atoms with Crippen LogP contribution in [0.25, 0.3) is 0 Å². The van der Waals surface area contributed by atoms with Gasteiger partial charge in [-0.25, -0.2) is 4.79 Å². The summed E-state index contributed by atoms with van der Waals surface area (Å²) in [4.78, 5) is 14.2. The summed E-state index contributed by atoms with van der Waals surface area (Å²) in [5.41, 5.74) is -0.413. The molecule has 1 aliphatic heterocycles. The van der Waals surface area contributed by atoms with Crippen LogP contribution in [0.15, 0.2) is 0 Å². The zero-order chi connectivity index (χ0) is 16.2. The number of nitrogens with zero attached hydrogens (tertiary/aromatic N) is 1. The molecule has 0 aromatic rings. The van der Waals surface area contributed by atoms with Gasteiger partial charge in [0.15, 0.2) is 0 Å². The van der Waals surface area contributed by atoms with Gasteiger partial charge in [-0.1, -0.05) is 19.3 Å². The number of amides is 1. The van der Waals surface area contributed by atoms with Crippen LogP contribution in [0.5, 0.6) is 0 Å². The van der Waals surface area contributed by atoms with Gasteiger partial charge in [0, 0.05) is 25.2 Å². The molecule has 128 valence electrons. The van der Waals surface area contributed by atoms with Gasteiger partial charge in [0.25, 0.3) is 0 Å². The van der Waals surface area contributed by atoms with Gasteiger partial charge in [0.05, 0.1) is 0 Å². The second-order valence-electron chi connectivity index (χ2n) is 8.12. The van der Waals surface area contributed by atoms with Crippen molar-refractivity contribution in [3.05, 3.63) is 0 Å². The van der Waals surface area contributed by atoms with E-state index < -0.39 is 5.60 Å². The number of hydrogen-bond donors (Lipinski definition) is 1. The summed E-state index contributed by atoms with van der Waals surface area (Å²) in [6.45, 7) is 9.72. The molecule has 0 radical (unpaired) electrons. The lowest BCUT2D eigenvalue weighted by Crippen LogP contribution is -2.48. The molecule has 1 N–H and O–H groups in total. The maximum Gasteiger partial charge on any atom is 0.410 e. The Kier molecular flexibility index (Phi) is 6.13. The largest absolute Gasteiger partial charge is 0.444 e. The molecule has 0 spiro atoms. The molecule has 4 heteroatoms. The minimum Gasteiger partial charge on any atom is -0.444 e. The average molecular weight is 310 g/mol. The van der Waals surface area contributed by atoms with Crippen LogP contribution in [0.1, 0.15) is 72.6 Å². The fraction of sp³-hybridized carbons (Fsp3) is 0.944. The smallest absolute Gasteiger partial charge is 0.410 e. The number of carbonyl (C=O) groups excluding carboxylic acids is 1. The predicted octanol–water partition coefficient (Wildman–Crippen LogP) is 3.94. The van der Waals surface area contributed by atoms with Crippen molar-refractivity contribution in [2.24, 2.45) is 5.92 Å². The van der Waals surface area contributed by atoms with Crippen molar-refractivity contribution in [3.8, 4) is 0 Å². The first kappa shape index (κ1) is 17.6. The Morgan fingerprint density at radius 3 is 2.41 bits per heavy atom. The van der Waals surface area contributed by atoms with Crippen LogP contribution >= 0.6 is 0 Å². The van der Waals surface area contributed by atoms with E-state index in [9.17, 15) is 4.79 Å². The van der Waals surface area contributed by atoms with Crippen molar-refractivity contribution in [2.75, 3.05) is 13.1 Å². The first-order valence-electron chi connectivity index (χ1n) is 9.09. The lowest BCUT2D eigenvalue weighted by atomic mass is 9.98. The molecule has 1 aliphatic carbocycles. The Morgan fingerprint density at radius 2 is 1.77 bits per heavy atom. The number of likely N-dealkylation sites (tertiary alicyclic amines) is 1. The molecule has 0 aromatic heterocycles. The fourth-order valence-electron chi connectivity index (χ4n) is 3.74. The van der Waals surface area contributed by atoms with Gasteiger partial charge < -0.3 is 15.0 Å². The van der Waals surface area contributed by atoms with Gasteiger partial charge in [0.1, 0.15) is 5.60 Å². The molecule has 2 rings (SSSR count). The second kappa shape index (κ2) is 7.67. The van der Waals surface area contributed by atoms with Gasteiger partial charge in [-0.15, -0.1) is 0 Å². The average Bonchev–Trinajstić information content (AvgIpc) is 2.84. The predicted molar refractivity (Wildman–Crippen MR) is 90.0 cm³/mol. The summed E-state index contributed by atoms with van der Waals surface area (Å²) in [5.74, 6) is 0.818. The molecule has 0 aromatic carbocycles. The van der Waals surface area contributed by atoms with E-state index in [-0.39, 0.29) is 6.09 Å². The second-order valence-corrected chi connectivity index (χ2v) is 8.12. The molecule has 4 nitrogen and oxygen atoms in total. The number of carbonyl (C=O) groups is 1. The van der Waals surface area contributed by atoms with E-state index in [1.54, 1.807) is 0 Å². The van der Waals surface area contributed by atoms with Crippen molar-refractivity contribution in [1.29, 1.82) is 0 Å². The van der Waals surface area contributed by atoms with Crippen LogP contribution in [0.4, 0.5) is 4.79 Å². The zero-order valence-electron chi connectivity index (χ0n) is 14.9. The van der Waals surface area contributed by atoms with Crippen molar-refractivity contribution >= 4 is 6.09 Å². The summed E-state index contributed by atoms with van der Waals surface area (Å²) >= 11 is 0. The Morgan fingerprint density at radius 1 is 1.14 bits per heavy atom. The van der Waals surface area contributed by atoms with Crippen LogP contribution in [0.3, 0.4) is 0 Å². The van der Waals surface area contributed by atoms with Gasteiger partial charge >= 0.3 is 6.09 Å². The topological polar surface area (TPSA) is 41.6 Å². The number of ether oxygens (including phenoxy) is 1. The third-order valence-corrected chi connectivity index (χ3v) is 4.93. The third-order valence-electron chi connectivity index (χ3n) is 4.93. The van der Waals surface area contributed by atoms with Gasteiger partial charge in [0.2, 0.25) is 0 Å². The van der Waals surface area contributed by atoms with Gasteiger partial charge in [-0.05, 0) is 59.3 Å². The molecule has 1 saturated carbocycles. The monoisotopic (exact) mass is 310 g/mol. The van der Waals surface area contributed by atoms with E-state index >= 15 is 0 Å². The molecular weight excluding hydrogens is 276 g/mol. The van der Waals surface area contributed by atoms with E-state index in [1.165, 1.54) is 32.1 Å². The van der Waals surface area contributed by atoms with Crippen molar-refractivity contribution in [3.63, 3.8) is 0 Å². The minimum absolute atomic E-state index is 0.158. The highest BCUT2D eigenvalue weighted by atomic mass is 16.6. The molecule has 2 fully saturated rings. The molecule has 2 atom stereocenters. The van der Waals surface area contributed by atoms with Crippen molar-refractivity contribution in [2.45, 2.75) is 90.3 Å². The van der Waals surface area contributed by atoms with E-state index in [1.807, 2.05) is 25.7 Å². The maximum atomic E-state index is 12.3. The van der Waals surface area contributed by atoms with Crippen molar-refractivity contribution in [1.82, 2.24) is 10.2 Å². The van der Waals surface area contributed by atoms with E-state index in [4.69, 9.17) is 4.74 Å². The van der Waals surface area contributed by atoms with Crippen LogP contribution in [0, 0.1) is 5.92 Å². The molecule has 2 aliphatic rings. The Balaban J connectivity index is 1.87. The van der Waals surface area contributed by atoms with E-state index in [0.717, 1.165) is 31.8 Å². The lowest BCUT2D eigenvalue weighted by molar-refractivity contribution is 0.0240. The summed E-state index contributed by atoms with van der Waals surface area (Å²) in [6, 6.07) is 0.969. The Bertz CT molecular complexity index is 359. The Hall–Kier alpha value is -0.770. The summed E-state index contributed by atoms with van der Waals surface area (Å²) in [7, 11) is 0. The van der Waals surface area contributed by atoms with Gasteiger partial charge in [-0.2, -0.15) is 0 Å². The highest BCUT2D eigenvalue weighted by molar-refractivity contribution is 5.68. The zero-order valence-corrected chi connectivity index (χ0v) is 14.9. The first-order chi connectivity index (χ1) is 10.3. The summed E-state index contributed by atoms with van der Waals surface area (Å²) in [6.07, 6.45) is 8.75. The van der Waals surface area contributed by atoms with Crippen LogP contribution in [-0.2, 0) is 4.74 Å². The molecule has 2 unspecified atom stereocenters. The number of nitrogens with one attached hydrogen (secondary N) is 1. The molecule has 1 amide bonds. The SMILES string of the molecule is CC(NC1CCCCN(C(=O)OC(C)(C)C)C1)C1CCCC1. The summed E-state index contributed by atoms with van der Waals surface area (Å²) in [5, 5.41) is 3.80. The lowest BCUT2D eigenvalue weighted by Gasteiger charge is -2.31. The molecular formula is C18H34N2O2. The van der Waals surface area contributed by atoms with E-state index in [0.29, 0.717) is 12.1 Å². The normalized spacial score (nSPS) is 25.8. The quantitative estimate of drug-likeness (QED) is 0.858. The van der Waals surface area contributed by atoms with Crippen LogP contribution in [0.2, 0.25) is 0 Å². The highest BCUT2D eigenvalue weighted by Crippen LogP contribution is 2.28. The van der Waals surface area contributed by atoms with Gasteiger partial charge in [-0.3, -0.25) is 0 Å². The molecule has 22 heavy (non-hydrogen) atoms. The third kappa shape index (κ3) is 5.45. The first-order valence-corrected chi connectivity index (χ1v) is 9.09. The fourth-order valence-corrected chi connectivity index (χ4v) is 3.74. The van der Waals surface area contributed by atoms with E-state index in [2.05, 4.69) is 12.2 Å². The maximum absolute atomic E-state index is 12.3. The van der Waals surface area contributed by atoms with Crippen LogP contribution < -0.4 is 5.32 Å². The Labute approximate surface area is 136 Å². The summed E-state index contributed by atoms with van der Waals surface area (Å²) < 4.78 is 5.55. The van der Waals surface area contributed by atoms with Crippen molar-refractivity contribution < 1.29 is 9.53 Å². The standard InChI is InChI=1S/C18H34N2O2/c1-14(15-9-5-6-10-15)19-16-11-7-8-12-20(13-16)17(21)22-18(2,3)4/h14-16,19H,5-13H2,1-4H3. The molecule has 1 heterocycles. The number of rotatable bonds is 3. The number of hydrogen-bond acceptors (Lipinski definition) is 3. The van der Waals surface area contributed by atoms with Crippen LogP contribution in [-0.4, -0.2) is 41.8 Å². The highest BCUT2D eigenvalue weighted by Gasteiger charge is 2.29. The molecule has 1 saturated heterocycles.